The first kappa shape index (κ1) is 17.3. The molecule has 140 valence electrons. The molecular weight excluding hydrogens is 328 g/mol. The van der Waals surface area contributed by atoms with Crippen molar-refractivity contribution in [3.8, 4) is 0 Å². The van der Waals surface area contributed by atoms with E-state index in [1.54, 1.807) is 6.20 Å². The summed E-state index contributed by atoms with van der Waals surface area (Å²) in [5.41, 5.74) is 1.30. The van der Waals surface area contributed by atoms with Crippen LogP contribution in [-0.4, -0.2) is 51.4 Å². The number of likely N-dealkylation sites (tertiary alicyclic amines) is 1. The van der Waals surface area contributed by atoms with Crippen molar-refractivity contribution < 1.29 is 0 Å². The van der Waals surface area contributed by atoms with Gasteiger partial charge in [-0.25, -0.2) is 4.98 Å². The molecule has 0 aromatic carbocycles. The first-order valence-electron chi connectivity index (χ1n) is 9.51. The fraction of sp³-hybridized carbons (Fsp3) is 0.632. The van der Waals surface area contributed by atoms with Crippen LogP contribution in [0.25, 0.3) is 0 Å². The zero-order valence-electron chi connectivity index (χ0n) is 15.9. The van der Waals surface area contributed by atoms with Crippen LogP contribution in [-0.2, 0) is 7.05 Å². The molecule has 2 aromatic heterocycles. The van der Waals surface area contributed by atoms with Crippen LogP contribution in [0.15, 0.2) is 29.6 Å². The van der Waals surface area contributed by atoms with E-state index in [-0.39, 0.29) is 5.56 Å². The second-order valence-corrected chi connectivity index (χ2v) is 7.85. The van der Waals surface area contributed by atoms with E-state index in [0.717, 1.165) is 32.4 Å². The maximum atomic E-state index is 12.8. The maximum absolute atomic E-state index is 12.8. The number of hydrogen-bond acceptors (Lipinski definition) is 5. The summed E-state index contributed by atoms with van der Waals surface area (Å²) >= 11 is 0. The van der Waals surface area contributed by atoms with E-state index in [4.69, 9.17) is 0 Å². The Morgan fingerprint density at radius 2 is 2.08 bits per heavy atom. The Balaban J connectivity index is 1.56. The third-order valence-corrected chi connectivity index (χ3v) is 5.73. The minimum Gasteiger partial charge on any atom is -0.355 e. The van der Waals surface area contributed by atoms with E-state index in [9.17, 15) is 4.79 Å². The van der Waals surface area contributed by atoms with Crippen molar-refractivity contribution in [1.29, 1.82) is 0 Å². The monoisotopic (exact) mass is 356 g/mol. The number of hydrogen-bond donors (Lipinski definition) is 0. The van der Waals surface area contributed by atoms with E-state index in [1.165, 1.54) is 12.0 Å². The molecule has 7 heteroatoms. The molecular formula is C19H28N6O. The lowest BCUT2D eigenvalue weighted by atomic mass is 9.86. The van der Waals surface area contributed by atoms with Crippen molar-refractivity contribution in [3.05, 3.63) is 40.7 Å². The van der Waals surface area contributed by atoms with Crippen molar-refractivity contribution in [1.82, 2.24) is 24.2 Å². The molecule has 2 aliphatic rings. The minimum atomic E-state index is 0.0413. The summed E-state index contributed by atoms with van der Waals surface area (Å²) in [6.07, 6.45) is 12.2. The molecule has 0 amide bonds. The number of rotatable bonds is 5. The van der Waals surface area contributed by atoms with E-state index < -0.39 is 0 Å². The average Bonchev–Trinajstić information content (AvgIpc) is 3.36. The number of nitrogens with zero attached hydrogens (tertiary/aromatic N) is 6. The molecule has 4 rings (SSSR count). The second kappa shape index (κ2) is 6.87. The largest absolute Gasteiger partial charge is 0.355 e. The van der Waals surface area contributed by atoms with Crippen LogP contribution in [0, 0.1) is 5.92 Å². The Morgan fingerprint density at radius 1 is 1.27 bits per heavy atom. The first-order valence-corrected chi connectivity index (χ1v) is 9.51. The fourth-order valence-electron chi connectivity index (χ4n) is 4.32. The predicted octanol–water partition coefficient (Wildman–Crippen LogP) is 1.83. The number of anilines is 1. The van der Waals surface area contributed by atoms with Crippen LogP contribution in [0.5, 0.6) is 0 Å². The second-order valence-electron chi connectivity index (χ2n) is 7.85. The van der Waals surface area contributed by atoms with Gasteiger partial charge in [-0.3, -0.25) is 14.4 Å². The highest BCUT2D eigenvalue weighted by molar-refractivity contribution is 5.35. The summed E-state index contributed by atoms with van der Waals surface area (Å²) in [5.74, 6) is 1.01. The van der Waals surface area contributed by atoms with E-state index in [0.29, 0.717) is 23.8 Å². The van der Waals surface area contributed by atoms with Gasteiger partial charge in [-0.1, -0.05) is 0 Å². The van der Waals surface area contributed by atoms with Crippen LogP contribution in [0.1, 0.15) is 43.3 Å². The summed E-state index contributed by atoms with van der Waals surface area (Å²) in [5, 5.41) is 4.36. The van der Waals surface area contributed by atoms with Gasteiger partial charge < -0.3 is 9.47 Å². The van der Waals surface area contributed by atoms with Gasteiger partial charge in [0.05, 0.1) is 6.20 Å². The lowest BCUT2D eigenvalue weighted by Crippen LogP contribution is -2.42. The van der Waals surface area contributed by atoms with E-state index in [2.05, 4.69) is 33.1 Å². The molecule has 2 fully saturated rings. The molecule has 26 heavy (non-hydrogen) atoms. The zero-order valence-corrected chi connectivity index (χ0v) is 15.9. The molecule has 0 radical (unpaired) electrons. The summed E-state index contributed by atoms with van der Waals surface area (Å²) in [6, 6.07) is 0.705. The summed E-state index contributed by atoms with van der Waals surface area (Å²) in [6.45, 7) is 1.92. The molecule has 0 unspecified atom stereocenters. The predicted molar refractivity (Wildman–Crippen MR) is 101 cm³/mol. The maximum Gasteiger partial charge on any atom is 0.293 e. The SMILES string of the molecule is CN(C[C@@H]1CCCN(C)[C@H]1c1cnn(C)c1)c1nccn(C2CC2)c1=O. The smallest absolute Gasteiger partial charge is 0.293 e. The zero-order chi connectivity index (χ0) is 18.3. The van der Waals surface area contributed by atoms with Crippen molar-refractivity contribution >= 4 is 5.82 Å². The number of piperidine rings is 1. The highest BCUT2D eigenvalue weighted by Crippen LogP contribution is 2.36. The molecule has 2 aromatic rings. The first-order chi connectivity index (χ1) is 12.5. The van der Waals surface area contributed by atoms with Crippen molar-refractivity contribution in [3.63, 3.8) is 0 Å². The molecule has 1 aliphatic heterocycles. The van der Waals surface area contributed by atoms with Gasteiger partial charge in [0.25, 0.3) is 5.56 Å². The quantitative estimate of drug-likeness (QED) is 0.818. The minimum absolute atomic E-state index is 0.0413. The van der Waals surface area contributed by atoms with Crippen molar-refractivity contribution in [2.24, 2.45) is 13.0 Å². The third kappa shape index (κ3) is 3.28. The van der Waals surface area contributed by atoms with Crippen LogP contribution in [0.4, 0.5) is 5.82 Å². The summed E-state index contributed by atoms with van der Waals surface area (Å²) < 4.78 is 3.72. The van der Waals surface area contributed by atoms with E-state index >= 15 is 0 Å². The normalized spacial score (nSPS) is 24.0. The fourth-order valence-corrected chi connectivity index (χ4v) is 4.32. The molecule has 2 atom stereocenters. The van der Waals surface area contributed by atoms with Crippen molar-refractivity contribution in [2.75, 3.05) is 32.1 Å². The Hall–Kier alpha value is -2.15. The number of aryl methyl sites for hydroxylation is 1. The number of aromatic nitrogens is 4. The van der Waals surface area contributed by atoms with Gasteiger partial charge in [0.2, 0.25) is 0 Å². The van der Waals surface area contributed by atoms with Gasteiger partial charge in [0.15, 0.2) is 5.82 Å². The average molecular weight is 356 g/mol. The Morgan fingerprint density at radius 3 is 2.77 bits per heavy atom. The summed E-state index contributed by atoms with van der Waals surface area (Å²) in [4.78, 5) is 21.7. The third-order valence-electron chi connectivity index (χ3n) is 5.73. The molecule has 0 bridgehead atoms. The summed E-state index contributed by atoms with van der Waals surface area (Å²) in [7, 11) is 6.14. The molecule has 1 aliphatic carbocycles. The van der Waals surface area contributed by atoms with Gasteiger partial charge in [-0.05, 0) is 45.2 Å². The molecule has 1 saturated heterocycles. The topological polar surface area (TPSA) is 59.2 Å². The highest BCUT2D eigenvalue weighted by Gasteiger charge is 2.33. The lowest BCUT2D eigenvalue weighted by Gasteiger charge is -2.40. The molecule has 0 N–H and O–H groups in total. The molecule has 7 nitrogen and oxygen atoms in total. The Labute approximate surface area is 154 Å². The van der Waals surface area contributed by atoms with Crippen molar-refractivity contribution in [2.45, 2.75) is 37.8 Å². The van der Waals surface area contributed by atoms with Gasteiger partial charge in [-0.15, -0.1) is 0 Å². The highest BCUT2D eigenvalue weighted by atomic mass is 16.1. The Kier molecular flexibility index (Phi) is 4.56. The van der Waals surface area contributed by atoms with E-state index in [1.807, 2.05) is 35.7 Å². The standard InChI is InChI=1S/C19H28N6O/c1-22-9-4-5-14(17(22)15-11-21-24(3)13-15)12-23(2)18-19(26)25(10-8-20-18)16-6-7-16/h8,10-11,13-14,16-17H,4-7,9,12H2,1-3H3/t14-,17+/m0/s1. The molecule has 0 spiro atoms. The van der Waals surface area contributed by atoms with Gasteiger partial charge in [0, 0.05) is 56.9 Å². The Bertz CT molecular complexity index is 823. The van der Waals surface area contributed by atoms with Crippen LogP contribution < -0.4 is 10.5 Å². The molecule has 3 heterocycles. The van der Waals surface area contributed by atoms with Gasteiger partial charge >= 0.3 is 0 Å². The van der Waals surface area contributed by atoms with Crippen LogP contribution in [0.3, 0.4) is 0 Å². The molecule has 1 saturated carbocycles. The lowest BCUT2D eigenvalue weighted by molar-refractivity contribution is 0.124. The van der Waals surface area contributed by atoms with Gasteiger partial charge in [0.1, 0.15) is 0 Å². The van der Waals surface area contributed by atoms with Gasteiger partial charge in [-0.2, -0.15) is 5.10 Å². The van der Waals surface area contributed by atoms with Crippen LogP contribution >= 0.6 is 0 Å². The van der Waals surface area contributed by atoms with Crippen LogP contribution in [0.2, 0.25) is 0 Å².